The Kier molecular flexibility index (Phi) is 2.68. The van der Waals surface area contributed by atoms with Crippen LogP contribution < -0.4 is 0 Å². The number of nitrogens with zero attached hydrogens (tertiary/aromatic N) is 2. The molecule has 2 aliphatic heterocycles. The first-order valence-electron chi connectivity index (χ1n) is 6.57. The Morgan fingerprint density at radius 2 is 1.94 bits per heavy atom. The van der Waals surface area contributed by atoms with Crippen LogP contribution in [0.15, 0.2) is 12.1 Å². The third-order valence-electron chi connectivity index (χ3n) is 4.56. The van der Waals surface area contributed by atoms with Gasteiger partial charge in [0.1, 0.15) is 17.1 Å². The molecule has 2 unspecified atom stereocenters. The number of fused-ring (bicyclic) bond motifs is 2. The molecular formula is C14H19FN2O. The summed E-state index contributed by atoms with van der Waals surface area (Å²) in [6.07, 6.45) is 3.37. The second kappa shape index (κ2) is 4.00. The Bertz CT molecular complexity index is 463. The maximum absolute atomic E-state index is 13.9. The van der Waals surface area contributed by atoms with Crippen molar-refractivity contribution in [1.82, 2.24) is 9.88 Å². The summed E-state index contributed by atoms with van der Waals surface area (Å²) in [7, 11) is 2.10. The molecule has 98 valence electrons. The van der Waals surface area contributed by atoms with Crippen LogP contribution in [0.5, 0.6) is 0 Å². The van der Waals surface area contributed by atoms with E-state index in [0.717, 1.165) is 18.5 Å². The van der Waals surface area contributed by atoms with E-state index in [1.807, 2.05) is 6.92 Å². The zero-order valence-electron chi connectivity index (χ0n) is 10.9. The zero-order chi connectivity index (χ0) is 12.9. The van der Waals surface area contributed by atoms with E-state index >= 15 is 0 Å². The number of aromatic nitrogens is 1. The van der Waals surface area contributed by atoms with Crippen molar-refractivity contribution >= 4 is 0 Å². The average molecular weight is 250 g/mol. The number of pyridine rings is 1. The van der Waals surface area contributed by atoms with E-state index in [-0.39, 0.29) is 11.5 Å². The Hall–Kier alpha value is -1.00. The molecule has 2 fully saturated rings. The molecule has 1 aromatic heterocycles. The van der Waals surface area contributed by atoms with Crippen LogP contribution in [0.4, 0.5) is 4.39 Å². The average Bonchev–Trinajstić information content (AvgIpc) is 2.56. The highest BCUT2D eigenvalue weighted by atomic mass is 19.1. The first-order chi connectivity index (χ1) is 8.49. The molecule has 0 spiro atoms. The van der Waals surface area contributed by atoms with Gasteiger partial charge in [-0.2, -0.15) is 0 Å². The number of rotatable bonds is 1. The summed E-state index contributed by atoms with van der Waals surface area (Å²) in [6.45, 7) is 1.83. The second-order valence-corrected chi connectivity index (χ2v) is 5.77. The number of aryl methyl sites for hydroxylation is 1. The summed E-state index contributed by atoms with van der Waals surface area (Å²) in [4.78, 5) is 6.57. The molecule has 3 nitrogen and oxygen atoms in total. The second-order valence-electron chi connectivity index (χ2n) is 5.77. The molecule has 2 saturated heterocycles. The van der Waals surface area contributed by atoms with E-state index in [1.54, 1.807) is 6.07 Å². The predicted molar refractivity (Wildman–Crippen MR) is 66.6 cm³/mol. The van der Waals surface area contributed by atoms with Gasteiger partial charge >= 0.3 is 0 Å². The number of aliphatic hydroxyl groups is 1. The van der Waals surface area contributed by atoms with Crippen molar-refractivity contribution in [3.8, 4) is 0 Å². The van der Waals surface area contributed by atoms with Gasteiger partial charge in [-0.1, -0.05) is 0 Å². The number of hydrogen-bond donors (Lipinski definition) is 1. The van der Waals surface area contributed by atoms with Crippen molar-refractivity contribution in [2.45, 2.75) is 50.3 Å². The molecule has 1 aromatic rings. The van der Waals surface area contributed by atoms with Crippen LogP contribution >= 0.6 is 0 Å². The van der Waals surface area contributed by atoms with Crippen molar-refractivity contribution in [3.05, 3.63) is 29.3 Å². The van der Waals surface area contributed by atoms with Crippen LogP contribution in [0, 0.1) is 12.7 Å². The lowest BCUT2D eigenvalue weighted by Crippen LogP contribution is -2.48. The number of halogens is 1. The highest BCUT2D eigenvalue weighted by molar-refractivity contribution is 5.21. The number of piperidine rings is 1. The van der Waals surface area contributed by atoms with Crippen molar-refractivity contribution in [1.29, 1.82) is 0 Å². The van der Waals surface area contributed by atoms with Gasteiger partial charge in [-0.05, 0) is 51.8 Å². The molecule has 2 bridgehead atoms. The molecule has 18 heavy (non-hydrogen) atoms. The lowest BCUT2D eigenvalue weighted by molar-refractivity contribution is -0.0549. The third kappa shape index (κ3) is 1.75. The van der Waals surface area contributed by atoms with Gasteiger partial charge in [0.15, 0.2) is 0 Å². The van der Waals surface area contributed by atoms with Gasteiger partial charge in [0.2, 0.25) is 0 Å². The highest BCUT2D eigenvalue weighted by Gasteiger charge is 2.48. The topological polar surface area (TPSA) is 36.4 Å². The van der Waals surface area contributed by atoms with Crippen LogP contribution in [-0.2, 0) is 5.60 Å². The minimum atomic E-state index is -1.09. The van der Waals surface area contributed by atoms with Crippen LogP contribution in [0.25, 0.3) is 0 Å². The van der Waals surface area contributed by atoms with Gasteiger partial charge in [-0.3, -0.25) is 4.98 Å². The first kappa shape index (κ1) is 12.1. The lowest BCUT2D eigenvalue weighted by atomic mass is 9.83. The van der Waals surface area contributed by atoms with E-state index in [1.165, 1.54) is 6.07 Å². The maximum atomic E-state index is 13.9. The summed E-state index contributed by atoms with van der Waals surface area (Å²) in [5.74, 6) is -0.382. The summed E-state index contributed by atoms with van der Waals surface area (Å²) >= 11 is 0. The van der Waals surface area contributed by atoms with Crippen LogP contribution in [0.1, 0.15) is 37.1 Å². The van der Waals surface area contributed by atoms with Crippen molar-refractivity contribution < 1.29 is 9.50 Å². The fraction of sp³-hybridized carbons (Fsp3) is 0.643. The lowest BCUT2D eigenvalue weighted by Gasteiger charge is -2.41. The normalized spacial score (nSPS) is 36.0. The van der Waals surface area contributed by atoms with Crippen LogP contribution in [0.2, 0.25) is 0 Å². The Balaban J connectivity index is 1.98. The van der Waals surface area contributed by atoms with Gasteiger partial charge in [0.25, 0.3) is 0 Å². The highest BCUT2D eigenvalue weighted by Crippen LogP contribution is 2.44. The van der Waals surface area contributed by atoms with E-state index in [9.17, 15) is 9.50 Å². The van der Waals surface area contributed by atoms with E-state index in [0.29, 0.717) is 24.9 Å². The molecule has 1 N–H and O–H groups in total. The summed E-state index contributed by atoms with van der Waals surface area (Å²) in [6, 6.07) is 3.77. The van der Waals surface area contributed by atoms with Gasteiger partial charge in [0, 0.05) is 17.8 Å². The van der Waals surface area contributed by atoms with Gasteiger partial charge in [-0.15, -0.1) is 0 Å². The summed E-state index contributed by atoms with van der Waals surface area (Å²) in [5.41, 5.74) is -0.0901. The van der Waals surface area contributed by atoms with Crippen molar-refractivity contribution in [2.75, 3.05) is 7.05 Å². The minimum absolute atomic E-state index is 0.243. The fourth-order valence-electron chi connectivity index (χ4n) is 3.50. The van der Waals surface area contributed by atoms with Crippen molar-refractivity contribution in [3.63, 3.8) is 0 Å². The van der Waals surface area contributed by atoms with Gasteiger partial charge in [0.05, 0.1) is 0 Å². The largest absolute Gasteiger partial charge is 0.383 e. The molecule has 0 aliphatic carbocycles. The molecule has 2 aliphatic rings. The van der Waals surface area contributed by atoms with E-state index in [2.05, 4.69) is 16.9 Å². The molecule has 3 heterocycles. The summed E-state index contributed by atoms with van der Waals surface area (Å²) < 4.78 is 13.9. The Morgan fingerprint density at radius 3 is 2.56 bits per heavy atom. The molecule has 0 aromatic carbocycles. The third-order valence-corrected chi connectivity index (χ3v) is 4.56. The van der Waals surface area contributed by atoms with E-state index < -0.39 is 5.60 Å². The molecule has 4 heteroatoms. The molecule has 0 radical (unpaired) electrons. The van der Waals surface area contributed by atoms with Gasteiger partial charge in [-0.25, -0.2) is 4.39 Å². The molecule has 3 rings (SSSR count). The van der Waals surface area contributed by atoms with Crippen molar-refractivity contribution in [2.24, 2.45) is 0 Å². The monoisotopic (exact) mass is 250 g/mol. The standard InChI is InChI=1S/C14H19FN2O/c1-9-3-6-12(15)13(16-9)14(18)7-10-4-5-11(8-14)17(10)2/h3,6,10-11,18H,4-5,7-8H2,1-2H3. The zero-order valence-corrected chi connectivity index (χ0v) is 10.9. The maximum Gasteiger partial charge on any atom is 0.147 e. The van der Waals surface area contributed by atoms with Crippen LogP contribution in [0.3, 0.4) is 0 Å². The smallest absolute Gasteiger partial charge is 0.147 e. The molecular weight excluding hydrogens is 231 g/mol. The van der Waals surface area contributed by atoms with E-state index in [4.69, 9.17) is 0 Å². The fourth-order valence-corrected chi connectivity index (χ4v) is 3.50. The molecule has 0 saturated carbocycles. The molecule has 2 atom stereocenters. The first-order valence-corrected chi connectivity index (χ1v) is 6.57. The SMILES string of the molecule is Cc1ccc(F)c(C2(O)CC3CCC(C2)N3C)n1. The Labute approximate surface area is 107 Å². The van der Waals surface area contributed by atoms with Crippen LogP contribution in [-0.4, -0.2) is 34.1 Å². The molecule has 0 amide bonds. The Morgan fingerprint density at radius 1 is 1.33 bits per heavy atom. The van der Waals surface area contributed by atoms with Gasteiger partial charge < -0.3 is 10.0 Å². The predicted octanol–water partition coefficient (Wildman–Crippen LogP) is 1.97. The summed E-state index contributed by atoms with van der Waals surface area (Å²) in [5, 5.41) is 10.8. The quantitative estimate of drug-likeness (QED) is 0.828. The number of hydrogen-bond acceptors (Lipinski definition) is 3. The minimum Gasteiger partial charge on any atom is -0.383 e.